The molecule has 0 unspecified atom stereocenters. The largest absolute Gasteiger partial charge is 0.292 e. The fourth-order valence-electron chi connectivity index (χ4n) is 1.74. The van der Waals surface area contributed by atoms with Gasteiger partial charge in [-0.2, -0.15) is 0 Å². The highest BCUT2D eigenvalue weighted by atomic mass is 32.2. The molecule has 0 fully saturated rings. The summed E-state index contributed by atoms with van der Waals surface area (Å²) in [5.41, 5.74) is 2.54. The van der Waals surface area contributed by atoms with Crippen molar-refractivity contribution < 1.29 is 14.1 Å². The molecule has 2 rings (SSSR count). The Labute approximate surface area is 133 Å². The van der Waals surface area contributed by atoms with Crippen LogP contribution < -0.4 is 0 Å². The highest BCUT2D eigenvalue weighted by Gasteiger charge is 2.22. The van der Waals surface area contributed by atoms with Gasteiger partial charge in [0.1, 0.15) is 4.90 Å². The number of benzene rings is 2. The summed E-state index contributed by atoms with van der Waals surface area (Å²) in [7, 11) is -1.84. The normalized spacial score (nSPS) is 11.1. The summed E-state index contributed by atoms with van der Waals surface area (Å²) in [6.07, 6.45) is 1.58. The molecule has 23 heavy (non-hydrogen) atoms. The molecule has 0 aliphatic rings. The summed E-state index contributed by atoms with van der Waals surface area (Å²) in [5.74, 6) is 0. The average Bonchev–Trinajstić information content (AvgIpc) is 2.55. The van der Waals surface area contributed by atoms with Crippen molar-refractivity contribution in [3.8, 4) is 0 Å². The van der Waals surface area contributed by atoms with Crippen molar-refractivity contribution in [1.82, 2.24) is 0 Å². The zero-order chi connectivity index (χ0) is 16.8. The highest BCUT2D eigenvalue weighted by molar-refractivity contribution is 7.88. The Bertz CT molecular complexity index is 842. The van der Waals surface area contributed by atoms with Gasteiger partial charge in [-0.25, -0.2) is 4.21 Å². The van der Waals surface area contributed by atoms with Crippen LogP contribution >= 0.6 is 0 Å². The number of nitro groups is 2. The molecule has 0 bridgehead atoms. The molecule has 0 heterocycles. The fraction of sp³-hybridized carbons (Fsp3) is 0. The second-order valence-electron chi connectivity index (χ2n) is 4.30. The first-order chi connectivity index (χ1) is 11.0. The van der Waals surface area contributed by atoms with Gasteiger partial charge < -0.3 is 0 Å². The van der Waals surface area contributed by atoms with Gasteiger partial charge in [-0.15, -0.1) is 5.73 Å². The molecule has 0 aromatic heterocycles. The Balaban J connectivity index is 2.34. The molecule has 0 saturated carbocycles. The van der Waals surface area contributed by atoms with E-state index in [1.165, 1.54) is 5.41 Å². The third-order valence-corrected chi connectivity index (χ3v) is 3.92. The topological polar surface area (TPSA) is 103 Å². The van der Waals surface area contributed by atoms with Crippen molar-refractivity contribution in [2.45, 2.75) is 4.90 Å². The number of rotatable bonds is 5. The Kier molecular flexibility index (Phi) is 5.14. The van der Waals surface area contributed by atoms with Gasteiger partial charge in [0.15, 0.2) is 0 Å². The smallest absolute Gasteiger partial charge is 0.258 e. The van der Waals surface area contributed by atoms with Gasteiger partial charge in [0.25, 0.3) is 11.4 Å². The third-order valence-electron chi connectivity index (χ3n) is 2.79. The molecule has 0 N–H and O–H groups in total. The van der Waals surface area contributed by atoms with Crippen LogP contribution in [0.1, 0.15) is 5.56 Å². The summed E-state index contributed by atoms with van der Waals surface area (Å²) in [6.45, 7) is 0. The van der Waals surface area contributed by atoms with E-state index in [1.54, 1.807) is 6.08 Å². The van der Waals surface area contributed by atoms with Crippen LogP contribution in [-0.2, 0) is 10.8 Å². The van der Waals surface area contributed by atoms with Crippen LogP contribution in [0.2, 0.25) is 0 Å². The zero-order valence-electron chi connectivity index (χ0n) is 11.6. The second kappa shape index (κ2) is 7.26. The van der Waals surface area contributed by atoms with Crippen molar-refractivity contribution in [2.75, 3.05) is 0 Å². The summed E-state index contributed by atoms with van der Waals surface area (Å²) in [4.78, 5) is 20.0. The van der Waals surface area contributed by atoms with Crippen LogP contribution in [0.15, 0.2) is 64.6 Å². The van der Waals surface area contributed by atoms with E-state index in [2.05, 4.69) is 5.73 Å². The van der Waals surface area contributed by atoms with E-state index in [1.807, 2.05) is 30.3 Å². The number of hydrogen-bond acceptors (Lipinski definition) is 5. The molecule has 0 radical (unpaired) electrons. The van der Waals surface area contributed by atoms with Crippen molar-refractivity contribution in [3.63, 3.8) is 0 Å². The van der Waals surface area contributed by atoms with Gasteiger partial charge in [0.2, 0.25) is 0 Å². The third kappa shape index (κ3) is 4.19. The monoisotopic (exact) mass is 330 g/mol. The molecule has 116 valence electrons. The average molecular weight is 330 g/mol. The Morgan fingerprint density at radius 3 is 2.30 bits per heavy atom. The fourth-order valence-corrected chi connectivity index (χ4v) is 2.60. The van der Waals surface area contributed by atoms with E-state index in [-0.39, 0.29) is 4.90 Å². The Morgan fingerprint density at radius 1 is 1.00 bits per heavy atom. The van der Waals surface area contributed by atoms with Crippen LogP contribution in [0.5, 0.6) is 0 Å². The summed E-state index contributed by atoms with van der Waals surface area (Å²) in [6, 6.07) is 12.1. The molecule has 0 amide bonds. The summed E-state index contributed by atoms with van der Waals surface area (Å²) >= 11 is 0. The van der Waals surface area contributed by atoms with Gasteiger partial charge >= 0.3 is 0 Å². The van der Waals surface area contributed by atoms with Crippen molar-refractivity contribution >= 4 is 28.3 Å². The first kappa shape index (κ1) is 16.3. The first-order valence-corrected chi connectivity index (χ1v) is 7.51. The minimum Gasteiger partial charge on any atom is -0.258 e. The number of hydrogen-bond donors (Lipinski definition) is 0. The van der Waals surface area contributed by atoms with Gasteiger partial charge in [0, 0.05) is 11.5 Å². The summed E-state index contributed by atoms with van der Waals surface area (Å²) < 4.78 is 12.1. The molecule has 0 spiro atoms. The van der Waals surface area contributed by atoms with Gasteiger partial charge in [-0.1, -0.05) is 30.3 Å². The lowest BCUT2D eigenvalue weighted by molar-refractivity contribution is -0.396. The maximum Gasteiger partial charge on any atom is 0.292 e. The SMILES string of the molecule is O=[N+]([O-])c1ccc([S@](=O)C=C=Cc2ccccc2)c([N+](=O)[O-])c1. The number of nitro benzene ring substituents is 2. The van der Waals surface area contributed by atoms with Crippen molar-refractivity contribution in [3.05, 3.63) is 85.5 Å². The standard InChI is InChI=1S/C15H10N2O5S/c18-16(19)13-8-9-15(14(11-13)17(20)21)23(22)10-4-7-12-5-2-1-3-6-12/h1-3,5-11H/t4?,23-/m1/s1. The Hall–Kier alpha value is -3.09. The second-order valence-corrected chi connectivity index (χ2v) is 5.57. The molecule has 1 atom stereocenters. The van der Waals surface area contributed by atoms with Crippen LogP contribution in [0.25, 0.3) is 6.08 Å². The molecule has 8 heteroatoms. The van der Waals surface area contributed by atoms with Gasteiger partial charge in [-0.3, -0.25) is 20.2 Å². The number of nitrogens with zero attached hydrogens (tertiary/aromatic N) is 2. The van der Waals surface area contributed by atoms with Crippen LogP contribution in [0.4, 0.5) is 11.4 Å². The lowest BCUT2D eigenvalue weighted by Gasteiger charge is -1.99. The van der Waals surface area contributed by atoms with E-state index in [4.69, 9.17) is 0 Å². The van der Waals surface area contributed by atoms with Crippen LogP contribution in [0.3, 0.4) is 0 Å². The quantitative estimate of drug-likeness (QED) is 0.474. The van der Waals surface area contributed by atoms with Crippen LogP contribution in [0, 0.1) is 20.2 Å². The molecule has 7 nitrogen and oxygen atoms in total. The lowest BCUT2D eigenvalue weighted by atomic mass is 10.2. The maximum atomic E-state index is 12.1. The van der Waals surface area contributed by atoms with E-state index < -0.39 is 32.0 Å². The van der Waals surface area contributed by atoms with E-state index in [9.17, 15) is 24.4 Å². The maximum absolute atomic E-state index is 12.1. The van der Waals surface area contributed by atoms with Gasteiger partial charge in [-0.05, 0) is 17.7 Å². The molecular weight excluding hydrogens is 320 g/mol. The lowest BCUT2D eigenvalue weighted by Crippen LogP contribution is -1.98. The van der Waals surface area contributed by atoms with E-state index >= 15 is 0 Å². The molecule has 2 aromatic carbocycles. The van der Waals surface area contributed by atoms with Crippen molar-refractivity contribution in [1.29, 1.82) is 0 Å². The summed E-state index contributed by atoms with van der Waals surface area (Å²) in [5, 5.41) is 22.8. The predicted octanol–water partition coefficient (Wildman–Crippen LogP) is 3.44. The minimum atomic E-state index is -1.84. The van der Waals surface area contributed by atoms with Gasteiger partial charge in [0.05, 0.1) is 26.7 Å². The molecule has 0 saturated heterocycles. The zero-order valence-corrected chi connectivity index (χ0v) is 12.4. The molecule has 0 aliphatic carbocycles. The highest BCUT2D eigenvalue weighted by Crippen LogP contribution is 2.27. The Morgan fingerprint density at radius 2 is 1.70 bits per heavy atom. The van der Waals surface area contributed by atoms with Crippen LogP contribution in [-0.4, -0.2) is 14.1 Å². The molecule has 2 aromatic rings. The molecule has 0 aliphatic heterocycles. The van der Waals surface area contributed by atoms with Crippen molar-refractivity contribution in [2.24, 2.45) is 0 Å². The van der Waals surface area contributed by atoms with E-state index in [0.717, 1.165) is 23.8 Å². The first-order valence-electron chi connectivity index (χ1n) is 6.30. The molecular formula is C15H10N2O5S. The predicted molar refractivity (Wildman–Crippen MR) is 85.1 cm³/mol. The minimum absolute atomic E-state index is 0.116. The van der Waals surface area contributed by atoms with E-state index in [0.29, 0.717) is 0 Å². The number of non-ortho nitro benzene ring substituents is 1.